The number of benzene rings is 3. The average molecular weight is 349 g/mol. The SMILES string of the molecule is c1ccc(-c2ccnc3c2N(c2ccccc2)CN3c2ccccc2)cc1. The van der Waals surface area contributed by atoms with Gasteiger partial charge < -0.3 is 9.80 Å². The van der Waals surface area contributed by atoms with Crippen molar-refractivity contribution >= 4 is 22.9 Å². The van der Waals surface area contributed by atoms with Crippen molar-refractivity contribution in [3.63, 3.8) is 0 Å². The Kier molecular flexibility index (Phi) is 3.83. The highest BCUT2D eigenvalue weighted by molar-refractivity contribution is 5.94. The third kappa shape index (κ3) is 2.74. The molecule has 0 N–H and O–H groups in total. The van der Waals surface area contributed by atoms with E-state index in [0.29, 0.717) is 0 Å². The lowest BCUT2D eigenvalue weighted by molar-refractivity contribution is 0.982. The van der Waals surface area contributed by atoms with Gasteiger partial charge in [-0.15, -0.1) is 0 Å². The van der Waals surface area contributed by atoms with E-state index in [9.17, 15) is 0 Å². The van der Waals surface area contributed by atoms with Gasteiger partial charge in [0.25, 0.3) is 0 Å². The van der Waals surface area contributed by atoms with Crippen molar-refractivity contribution in [2.24, 2.45) is 0 Å². The van der Waals surface area contributed by atoms with Crippen LogP contribution in [0.25, 0.3) is 11.1 Å². The highest BCUT2D eigenvalue weighted by Crippen LogP contribution is 2.47. The molecule has 3 heteroatoms. The minimum atomic E-state index is 0.736. The second-order valence-electron chi connectivity index (χ2n) is 6.57. The van der Waals surface area contributed by atoms with Crippen LogP contribution in [0, 0.1) is 0 Å². The van der Waals surface area contributed by atoms with Gasteiger partial charge in [-0.2, -0.15) is 0 Å². The predicted molar refractivity (Wildman–Crippen MR) is 112 cm³/mol. The number of para-hydroxylation sites is 2. The Bertz CT molecular complexity index is 1050. The molecule has 4 aromatic rings. The van der Waals surface area contributed by atoms with E-state index in [0.717, 1.165) is 23.9 Å². The number of hydrogen-bond donors (Lipinski definition) is 0. The smallest absolute Gasteiger partial charge is 0.159 e. The van der Waals surface area contributed by atoms with E-state index in [2.05, 4.69) is 101 Å². The summed E-state index contributed by atoms with van der Waals surface area (Å²) >= 11 is 0. The molecule has 5 rings (SSSR count). The number of fused-ring (bicyclic) bond motifs is 1. The second kappa shape index (κ2) is 6.61. The van der Waals surface area contributed by atoms with Gasteiger partial charge in [0.05, 0.1) is 5.69 Å². The summed E-state index contributed by atoms with van der Waals surface area (Å²) < 4.78 is 0. The van der Waals surface area contributed by atoms with Gasteiger partial charge in [0.15, 0.2) is 5.82 Å². The fourth-order valence-corrected chi connectivity index (χ4v) is 3.67. The van der Waals surface area contributed by atoms with E-state index in [1.165, 1.54) is 16.8 Å². The topological polar surface area (TPSA) is 19.4 Å². The van der Waals surface area contributed by atoms with Crippen molar-refractivity contribution in [1.29, 1.82) is 0 Å². The molecular weight excluding hydrogens is 330 g/mol. The molecule has 0 saturated carbocycles. The van der Waals surface area contributed by atoms with Gasteiger partial charge in [-0.05, 0) is 35.9 Å². The van der Waals surface area contributed by atoms with Crippen molar-refractivity contribution in [3.05, 3.63) is 103 Å². The predicted octanol–water partition coefficient (Wildman–Crippen LogP) is 6.00. The van der Waals surface area contributed by atoms with Crippen LogP contribution in [0.15, 0.2) is 103 Å². The molecule has 130 valence electrons. The summed E-state index contributed by atoms with van der Waals surface area (Å²) in [6.07, 6.45) is 1.91. The molecule has 2 heterocycles. The number of aromatic nitrogens is 1. The summed E-state index contributed by atoms with van der Waals surface area (Å²) in [6, 6.07) is 33.6. The molecule has 0 spiro atoms. The highest BCUT2D eigenvalue weighted by atomic mass is 15.4. The van der Waals surface area contributed by atoms with Gasteiger partial charge in [0.1, 0.15) is 6.67 Å². The Balaban J connectivity index is 1.72. The quantitative estimate of drug-likeness (QED) is 0.452. The zero-order valence-electron chi connectivity index (χ0n) is 14.9. The molecule has 0 saturated heterocycles. The fraction of sp³-hybridized carbons (Fsp3) is 0.0417. The monoisotopic (exact) mass is 349 g/mol. The van der Waals surface area contributed by atoms with Crippen LogP contribution in [0.5, 0.6) is 0 Å². The van der Waals surface area contributed by atoms with E-state index in [1.54, 1.807) is 0 Å². The molecule has 3 nitrogen and oxygen atoms in total. The van der Waals surface area contributed by atoms with Crippen LogP contribution >= 0.6 is 0 Å². The lowest BCUT2D eigenvalue weighted by Crippen LogP contribution is -2.24. The standard InChI is InChI=1S/C24H19N3/c1-4-10-19(11-5-1)22-16-17-25-24-23(22)26(20-12-6-2-7-13-20)18-27(24)21-14-8-3-9-15-21/h1-17H,18H2. The van der Waals surface area contributed by atoms with Gasteiger partial charge in [-0.25, -0.2) is 4.98 Å². The molecule has 1 aliphatic rings. The molecule has 0 fully saturated rings. The third-order valence-electron chi connectivity index (χ3n) is 4.93. The first kappa shape index (κ1) is 15.6. The second-order valence-corrected chi connectivity index (χ2v) is 6.57. The minimum Gasteiger partial charge on any atom is -0.319 e. The normalized spacial score (nSPS) is 12.9. The maximum absolute atomic E-state index is 4.76. The first-order valence-corrected chi connectivity index (χ1v) is 9.11. The van der Waals surface area contributed by atoms with Crippen molar-refractivity contribution in [1.82, 2.24) is 4.98 Å². The first-order valence-electron chi connectivity index (χ1n) is 9.11. The molecule has 0 aliphatic carbocycles. The van der Waals surface area contributed by atoms with E-state index in [4.69, 9.17) is 4.98 Å². The molecule has 0 bridgehead atoms. The zero-order chi connectivity index (χ0) is 18.1. The van der Waals surface area contributed by atoms with E-state index >= 15 is 0 Å². The summed E-state index contributed by atoms with van der Waals surface area (Å²) in [6.45, 7) is 0.736. The van der Waals surface area contributed by atoms with Crippen molar-refractivity contribution in [2.75, 3.05) is 16.5 Å². The van der Waals surface area contributed by atoms with E-state index in [-0.39, 0.29) is 0 Å². The van der Waals surface area contributed by atoms with Crippen LogP contribution in [-0.4, -0.2) is 11.7 Å². The molecule has 27 heavy (non-hydrogen) atoms. The van der Waals surface area contributed by atoms with Gasteiger partial charge in [-0.1, -0.05) is 66.7 Å². The minimum absolute atomic E-state index is 0.736. The van der Waals surface area contributed by atoms with Crippen molar-refractivity contribution in [2.45, 2.75) is 0 Å². The molecular formula is C24H19N3. The molecule has 0 atom stereocenters. The lowest BCUT2D eigenvalue weighted by atomic mass is 10.0. The van der Waals surface area contributed by atoms with E-state index < -0.39 is 0 Å². The van der Waals surface area contributed by atoms with Crippen LogP contribution in [0.2, 0.25) is 0 Å². The van der Waals surface area contributed by atoms with E-state index in [1.807, 2.05) is 12.3 Å². The van der Waals surface area contributed by atoms with Crippen molar-refractivity contribution in [3.8, 4) is 11.1 Å². The Morgan fingerprint density at radius 1 is 0.593 bits per heavy atom. The number of hydrogen-bond acceptors (Lipinski definition) is 3. The van der Waals surface area contributed by atoms with Crippen LogP contribution in [0.3, 0.4) is 0 Å². The van der Waals surface area contributed by atoms with Crippen LogP contribution in [-0.2, 0) is 0 Å². The van der Waals surface area contributed by atoms with Crippen LogP contribution in [0.4, 0.5) is 22.9 Å². The molecule has 3 aromatic carbocycles. The molecule has 0 unspecified atom stereocenters. The fourth-order valence-electron chi connectivity index (χ4n) is 3.67. The summed E-state index contributed by atoms with van der Waals surface area (Å²) in [5, 5.41) is 0. The third-order valence-corrected chi connectivity index (χ3v) is 4.93. The molecule has 0 amide bonds. The summed E-state index contributed by atoms with van der Waals surface area (Å²) in [5.74, 6) is 0.992. The van der Waals surface area contributed by atoms with Gasteiger partial charge in [0, 0.05) is 23.1 Å². The lowest BCUT2D eigenvalue weighted by Gasteiger charge is -2.22. The maximum Gasteiger partial charge on any atom is 0.159 e. The number of anilines is 4. The number of pyridine rings is 1. The molecule has 1 aromatic heterocycles. The summed E-state index contributed by atoms with van der Waals surface area (Å²) in [5.41, 5.74) is 5.87. The Hall–Kier alpha value is -3.59. The number of rotatable bonds is 3. The Labute approximate surface area is 159 Å². The van der Waals surface area contributed by atoms with Crippen LogP contribution < -0.4 is 9.80 Å². The van der Waals surface area contributed by atoms with Crippen molar-refractivity contribution < 1.29 is 0 Å². The Morgan fingerprint density at radius 3 is 1.78 bits per heavy atom. The average Bonchev–Trinajstić information content (AvgIpc) is 3.15. The highest BCUT2D eigenvalue weighted by Gasteiger charge is 2.31. The maximum atomic E-state index is 4.76. The van der Waals surface area contributed by atoms with Crippen LogP contribution in [0.1, 0.15) is 0 Å². The zero-order valence-corrected chi connectivity index (χ0v) is 14.9. The molecule has 1 aliphatic heterocycles. The first-order chi connectivity index (χ1) is 13.4. The summed E-state index contributed by atoms with van der Waals surface area (Å²) in [7, 11) is 0. The molecule has 0 radical (unpaired) electrons. The van der Waals surface area contributed by atoms with Gasteiger partial charge in [0.2, 0.25) is 0 Å². The Morgan fingerprint density at radius 2 is 1.15 bits per heavy atom. The van der Waals surface area contributed by atoms with Gasteiger partial charge in [-0.3, -0.25) is 0 Å². The number of nitrogens with zero attached hydrogens (tertiary/aromatic N) is 3. The van der Waals surface area contributed by atoms with Gasteiger partial charge >= 0.3 is 0 Å². The largest absolute Gasteiger partial charge is 0.319 e. The summed E-state index contributed by atoms with van der Waals surface area (Å²) in [4.78, 5) is 9.38.